The fourth-order valence-electron chi connectivity index (χ4n) is 6.73. The molecule has 2 aromatic carbocycles. The van der Waals surface area contributed by atoms with Crippen molar-refractivity contribution in [3.05, 3.63) is 111 Å². The quantitative estimate of drug-likeness (QED) is 0.269. The number of nitriles is 1. The van der Waals surface area contributed by atoms with Crippen molar-refractivity contribution in [1.82, 2.24) is 0 Å². The molecule has 5 heteroatoms. The Morgan fingerprint density at radius 3 is 2.49 bits per heavy atom. The Hall–Kier alpha value is -3.86. The lowest BCUT2D eigenvalue weighted by Gasteiger charge is -2.26. The number of halogens is 1. The molecule has 3 aliphatic rings. The van der Waals surface area contributed by atoms with E-state index in [9.17, 15) is 5.26 Å². The molecule has 0 N–H and O–H groups in total. The van der Waals surface area contributed by atoms with Crippen molar-refractivity contribution in [3.63, 3.8) is 0 Å². The molecule has 0 spiro atoms. The second-order valence-electron chi connectivity index (χ2n) is 12.1. The number of fused-ring (bicyclic) bond motifs is 2. The molecule has 4 nitrogen and oxygen atoms in total. The maximum absolute atomic E-state index is 9.47. The Bertz CT molecular complexity index is 1660. The summed E-state index contributed by atoms with van der Waals surface area (Å²) in [6.45, 7) is 22.5. The Labute approximate surface area is 250 Å². The van der Waals surface area contributed by atoms with Gasteiger partial charge in [-0.2, -0.15) is 9.84 Å². The molecule has 0 atom stereocenters. The Morgan fingerprint density at radius 2 is 1.80 bits per heavy atom. The molecule has 5 rings (SSSR count). The van der Waals surface area contributed by atoms with E-state index in [-0.39, 0.29) is 10.8 Å². The molecule has 208 valence electrons. The summed E-state index contributed by atoms with van der Waals surface area (Å²) in [5.74, 6) is 0. The van der Waals surface area contributed by atoms with E-state index in [1.54, 1.807) is 0 Å². The van der Waals surface area contributed by atoms with Crippen LogP contribution in [0.2, 0.25) is 0 Å². The Kier molecular flexibility index (Phi) is 7.58. The van der Waals surface area contributed by atoms with Crippen molar-refractivity contribution in [2.45, 2.75) is 71.6 Å². The molecular formula is C36H38ClN4+. The van der Waals surface area contributed by atoms with E-state index in [0.29, 0.717) is 11.3 Å². The molecular weight excluding hydrogens is 524 g/mol. The fraction of sp³-hybridized carbons (Fsp3) is 0.361. The SMILES string of the molecule is [C-]#[N+]c1ccc2c(c1)C(C)(C)C(/C=C/C1=C(Cl)C(=C/C=C3/N(CC)c4ccc(C#N)cc4C3(C)C)/CCC1)=[N+]2CC. The van der Waals surface area contributed by atoms with Gasteiger partial charge in [-0.15, -0.1) is 0 Å². The molecule has 41 heavy (non-hydrogen) atoms. The highest BCUT2D eigenvalue weighted by atomic mass is 35.5. The van der Waals surface area contributed by atoms with Crippen LogP contribution in [0.5, 0.6) is 0 Å². The molecule has 2 aromatic rings. The summed E-state index contributed by atoms with van der Waals surface area (Å²) >= 11 is 7.08. The van der Waals surface area contributed by atoms with E-state index in [1.807, 2.05) is 24.3 Å². The van der Waals surface area contributed by atoms with Gasteiger partial charge in [0.15, 0.2) is 11.4 Å². The molecule has 1 aliphatic carbocycles. The van der Waals surface area contributed by atoms with Crippen molar-refractivity contribution < 1.29 is 4.58 Å². The van der Waals surface area contributed by atoms with Crippen LogP contribution >= 0.6 is 11.6 Å². The Morgan fingerprint density at radius 1 is 1.02 bits per heavy atom. The summed E-state index contributed by atoms with van der Waals surface area (Å²) in [6.07, 6.45) is 11.8. The summed E-state index contributed by atoms with van der Waals surface area (Å²) < 4.78 is 2.36. The van der Waals surface area contributed by atoms with Crippen molar-refractivity contribution in [2.24, 2.45) is 0 Å². The van der Waals surface area contributed by atoms with Crippen molar-refractivity contribution in [1.29, 1.82) is 5.26 Å². The zero-order chi connectivity index (χ0) is 29.5. The smallest absolute Gasteiger partial charge is 0.207 e. The lowest BCUT2D eigenvalue weighted by atomic mass is 9.81. The van der Waals surface area contributed by atoms with Gasteiger partial charge in [0.1, 0.15) is 6.54 Å². The summed E-state index contributed by atoms with van der Waals surface area (Å²) in [6, 6.07) is 14.3. The summed E-state index contributed by atoms with van der Waals surface area (Å²) in [5, 5.41) is 10.3. The van der Waals surface area contributed by atoms with Crippen LogP contribution in [-0.4, -0.2) is 23.4 Å². The number of benzene rings is 2. The minimum absolute atomic E-state index is 0.203. The third kappa shape index (κ3) is 4.75. The molecule has 0 amide bonds. The zero-order valence-corrected chi connectivity index (χ0v) is 25.7. The van der Waals surface area contributed by atoms with Crippen LogP contribution in [-0.2, 0) is 10.8 Å². The molecule has 0 unspecified atom stereocenters. The predicted molar refractivity (Wildman–Crippen MR) is 170 cm³/mol. The first kappa shape index (κ1) is 28.7. The van der Waals surface area contributed by atoms with E-state index in [2.05, 4.69) is 98.4 Å². The van der Waals surface area contributed by atoms with Crippen LogP contribution in [0.3, 0.4) is 0 Å². The highest BCUT2D eigenvalue weighted by Crippen LogP contribution is 2.48. The number of allylic oxidation sites excluding steroid dienone is 8. The molecule has 0 fully saturated rings. The monoisotopic (exact) mass is 561 g/mol. The van der Waals surface area contributed by atoms with Gasteiger partial charge in [0.25, 0.3) is 0 Å². The molecule has 0 saturated heterocycles. The van der Waals surface area contributed by atoms with Gasteiger partial charge >= 0.3 is 0 Å². The van der Waals surface area contributed by atoms with Crippen molar-refractivity contribution in [3.8, 4) is 6.07 Å². The van der Waals surface area contributed by atoms with E-state index >= 15 is 0 Å². The predicted octanol–water partition coefficient (Wildman–Crippen LogP) is 9.37. The maximum Gasteiger partial charge on any atom is 0.207 e. The third-order valence-corrected chi connectivity index (χ3v) is 9.48. The largest absolute Gasteiger partial charge is 0.344 e. The average Bonchev–Trinajstić information content (AvgIpc) is 3.32. The topological polar surface area (TPSA) is 34.4 Å². The van der Waals surface area contributed by atoms with Crippen LogP contribution in [0.4, 0.5) is 17.1 Å². The van der Waals surface area contributed by atoms with Crippen LogP contribution in [0.25, 0.3) is 4.85 Å². The van der Waals surface area contributed by atoms with Gasteiger partial charge in [0.05, 0.1) is 23.6 Å². The molecule has 2 heterocycles. The minimum atomic E-state index is -0.209. The second kappa shape index (κ2) is 10.8. The molecule has 0 saturated carbocycles. The fourth-order valence-corrected chi connectivity index (χ4v) is 7.04. The number of likely N-dealkylation sites (N-methyl/N-ethyl adjacent to an activating group) is 1. The third-order valence-electron chi connectivity index (χ3n) is 9.00. The first-order chi connectivity index (χ1) is 19.6. The van der Waals surface area contributed by atoms with E-state index in [1.165, 1.54) is 45.1 Å². The second-order valence-corrected chi connectivity index (χ2v) is 12.4. The lowest BCUT2D eigenvalue weighted by Crippen LogP contribution is -2.27. The summed E-state index contributed by atoms with van der Waals surface area (Å²) in [7, 11) is 0. The minimum Gasteiger partial charge on any atom is -0.344 e. The first-order valence-electron chi connectivity index (χ1n) is 14.6. The normalized spacial score (nSPS) is 21.0. The van der Waals surface area contributed by atoms with Gasteiger partial charge in [-0.05, 0) is 106 Å². The maximum atomic E-state index is 9.47. The summed E-state index contributed by atoms with van der Waals surface area (Å²) in [5.41, 5.74) is 10.5. The van der Waals surface area contributed by atoms with Gasteiger partial charge in [-0.1, -0.05) is 37.6 Å². The van der Waals surface area contributed by atoms with Crippen molar-refractivity contribution >= 4 is 34.4 Å². The number of anilines is 1. The highest BCUT2D eigenvalue weighted by molar-refractivity contribution is 6.32. The molecule has 0 aromatic heterocycles. The number of hydrogen-bond acceptors (Lipinski definition) is 2. The van der Waals surface area contributed by atoms with Crippen LogP contribution in [0, 0.1) is 17.9 Å². The van der Waals surface area contributed by atoms with Crippen molar-refractivity contribution in [2.75, 3.05) is 18.0 Å². The average molecular weight is 562 g/mol. The van der Waals surface area contributed by atoms with Gasteiger partial charge in [-0.3, -0.25) is 0 Å². The van der Waals surface area contributed by atoms with Gasteiger partial charge in [-0.25, -0.2) is 4.85 Å². The van der Waals surface area contributed by atoms with Crippen LogP contribution in [0.15, 0.2) is 82.6 Å². The van der Waals surface area contributed by atoms with E-state index in [4.69, 9.17) is 18.2 Å². The van der Waals surface area contributed by atoms with Crippen LogP contribution < -0.4 is 4.90 Å². The molecule has 0 bridgehead atoms. The molecule has 2 aliphatic heterocycles. The number of rotatable bonds is 5. The lowest BCUT2D eigenvalue weighted by molar-refractivity contribution is -0.433. The zero-order valence-electron chi connectivity index (χ0n) is 25.0. The van der Waals surface area contributed by atoms with Gasteiger partial charge in [0, 0.05) is 40.0 Å². The standard InChI is InChI=1S/C36H38ClN4/c1-8-40-30-17-13-24(23-38)21-28(30)35(3,4)32(40)19-14-25-11-10-12-26(34(25)37)15-20-33-36(5,6)29-22-27(39-7)16-18-31(29)41(33)9-2/h13-22H,8-12H2,1-6H3/q+1. The Balaban J connectivity index is 1.49. The number of hydrogen-bond donors (Lipinski definition) is 0. The van der Waals surface area contributed by atoms with Gasteiger partial charge in [0.2, 0.25) is 5.69 Å². The van der Waals surface area contributed by atoms with E-state index in [0.717, 1.165) is 37.4 Å². The highest BCUT2D eigenvalue weighted by Gasteiger charge is 2.44. The summed E-state index contributed by atoms with van der Waals surface area (Å²) in [4.78, 5) is 6.02. The van der Waals surface area contributed by atoms with Crippen LogP contribution in [0.1, 0.15) is 77.5 Å². The first-order valence-corrected chi connectivity index (χ1v) is 14.9. The van der Waals surface area contributed by atoms with Gasteiger partial charge < -0.3 is 4.90 Å². The number of nitrogens with zero attached hydrogens (tertiary/aromatic N) is 4. The molecule has 0 radical (unpaired) electrons. The van der Waals surface area contributed by atoms with E-state index < -0.39 is 0 Å².